The minimum atomic E-state index is -1.05. The molecule has 0 spiro atoms. The molecule has 0 aliphatic rings. The minimum absolute atomic E-state index is 0.00856. The molecular weight excluding hydrogens is 184 g/mol. The maximum atomic E-state index is 10.6. The summed E-state index contributed by atoms with van der Waals surface area (Å²) in [5, 5.41) is 15.6. The predicted molar refractivity (Wildman–Crippen MR) is 49.5 cm³/mol. The normalized spacial score (nSPS) is 10.4. The fraction of sp³-hybridized carbons (Fsp3) is 0.125. The highest BCUT2D eigenvalue weighted by atomic mass is 16.4. The Balaban J connectivity index is 2.60. The van der Waals surface area contributed by atoms with Crippen LogP contribution < -0.4 is 5.32 Å². The summed E-state index contributed by atoms with van der Waals surface area (Å²) in [4.78, 5) is 14.5. The van der Waals surface area contributed by atoms with Crippen LogP contribution >= 0.6 is 0 Å². The fourth-order valence-corrected chi connectivity index (χ4v) is 1.12. The summed E-state index contributed by atoms with van der Waals surface area (Å²) in [5.74, 6) is -0.395. The number of nitrogens with zero attached hydrogens (tertiary/aromatic N) is 3. The molecule has 6 nitrogen and oxygen atoms in total. The lowest BCUT2D eigenvalue weighted by Crippen LogP contribution is -1.97. The van der Waals surface area contributed by atoms with Crippen LogP contribution in [-0.2, 0) is 0 Å². The van der Waals surface area contributed by atoms with Crippen molar-refractivity contribution >= 4 is 17.4 Å². The van der Waals surface area contributed by atoms with Gasteiger partial charge in [0.1, 0.15) is 5.82 Å². The van der Waals surface area contributed by atoms with E-state index in [0.29, 0.717) is 11.5 Å². The van der Waals surface area contributed by atoms with Gasteiger partial charge in [-0.15, -0.1) is 5.10 Å². The van der Waals surface area contributed by atoms with Crippen LogP contribution in [0.3, 0.4) is 0 Å². The molecule has 0 amide bonds. The number of carboxylic acid groups (broad SMARTS) is 1. The first-order valence-corrected chi connectivity index (χ1v) is 3.98. The number of aromatic nitrogens is 3. The van der Waals surface area contributed by atoms with Gasteiger partial charge in [0.05, 0.1) is 6.20 Å². The minimum Gasteiger partial charge on any atom is -0.476 e. The van der Waals surface area contributed by atoms with Gasteiger partial charge in [-0.1, -0.05) is 0 Å². The molecule has 0 saturated heterocycles. The maximum absolute atomic E-state index is 10.6. The highest BCUT2D eigenvalue weighted by Gasteiger charge is 2.08. The molecule has 2 aromatic rings. The molecule has 2 N–H and O–H groups in total. The van der Waals surface area contributed by atoms with Crippen LogP contribution in [0.15, 0.2) is 18.3 Å². The number of hydrogen-bond acceptors (Lipinski definition) is 4. The Bertz CT molecular complexity index is 491. The molecule has 2 aromatic heterocycles. The molecule has 0 unspecified atom stereocenters. The first-order chi connectivity index (χ1) is 6.70. The zero-order valence-electron chi connectivity index (χ0n) is 7.43. The molecule has 0 aromatic carbocycles. The third-order valence-electron chi connectivity index (χ3n) is 1.80. The van der Waals surface area contributed by atoms with Gasteiger partial charge in [-0.25, -0.2) is 14.3 Å². The maximum Gasteiger partial charge on any atom is 0.356 e. The lowest BCUT2D eigenvalue weighted by molar-refractivity contribution is 0.0691. The van der Waals surface area contributed by atoms with Crippen LogP contribution in [-0.4, -0.2) is 32.7 Å². The molecule has 14 heavy (non-hydrogen) atoms. The van der Waals surface area contributed by atoms with Crippen molar-refractivity contribution < 1.29 is 9.90 Å². The van der Waals surface area contributed by atoms with E-state index in [4.69, 9.17) is 5.11 Å². The molecule has 6 heteroatoms. The van der Waals surface area contributed by atoms with E-state index in [1.165, 1.54) is 10.7 Å². The molecule has 0 aliphatic carbocycles. The molecule has 0 radical (unpaired) electrons. The topological polar surface area (TPSA) is 79.5 Å². The summed E-state index contributed by atoms with van der Waals surface area (Å²) < 4.78 is 1.43. The summed E-state index contributed by atoms with van der Waals surface area (Å²) >= 11 is 0. The first kappa shape index (κ1) is 8.49. The molecular formula is C8H8N4O2. The monoisotopic (exact) mass is 192 g/mol. The quantitative estimate of drug-likeness (QED) is 0.723. The Morgan fingerprint density at radius 2 is 2.36 bits per heavy atom. The molecule has 72 valence electrons. The van der Waals surface area contributed by atoms with Crippen molar-refractivity contribution in [3.63, 3.8) is 0 Å². The number of carbonyl (C=O) groups is 1. The largest absolute Gasteiger partial charge is 0.476 e. The first-order valence-electron chi connectivity index (χ1n) is 3.98. The summed E-state index contributed by atoms with van der Waals surface area (Å²) in [6.07, 6.45) is 1.37. The van der Waals surface area contributed by atoms with E-state index in [1.54, 1.807) is 19.2 Å². The summed E-state index contributed by atoms with van der Waals surface area (Å²) in [7, 11) is 1.74. The summed E-state index contributed by atoms with van der Waals surface area (Å²) in [5.41, 5.74) is 0.507. The van der Waals surface area contributed by atoms with Gasteiger partial charge in [-0.3, -0.25) is 0 Å². The Labute approximate surface area is 79.2 Å². The molecule has 0 fully saturated rings. The molecule has 0 aliphatic heterocycles. The van der Waals surface area contributed by atoms with Crippen molar-refractivity contribution in [1.82, 2.24) is 14.6 Å². The number of nitrogens with one attached hydrogen (secondary N) is 1. The van der Waals surface area contributed by atoms with E-state index in [0.717, 1.165) is 0 Å². The molecule has 0 bridgehead atoms. The van der Waals surface area contributed by atoms with Crippen molar-refractivity contribution in [2.75, 3.05) is 12.4 Å². The van der Waals surface area contributed by atoms with Crippen LogP contribution in [0.5, 0.6) is 0 Å². The van der Waals surface area contributed by atoms with Gasteiger partial charge in [0.25, 0.3) is 0 Å². The highest BCUT2D eigenvalue weighted by molar-refractivity contribution is 5.86. The van der Waals surface area contributed by atoms with E-state index in [2.05, 4.69) is 15.4 Å². The Morgan fingerprint density at radius 3 is 3.00 bits per heavy atom. The number of imidazole rings is 1. The molecule has 2 rings (SSSR count). The van der Waals surface area contributed by atoms with Crippen LogP contribution in [0.1, 0.15) is 10.5 Å². The van der Waals surface area contributed by atoms with E-state index in [1.807, 2.05) is 0 Å². The van der Waals surface area contributed by atoms with Crippen LogP contribution in [0.2, 0.25) is 0 Å². The van der Waals surface area contributed by atoms with Crippen molar-refractivity contribution in [3.05, 3.63) is 24.0 Å². The standard InChI is InChI=1S/C8H8N4O2/c1-9-6-2-3-7-10-5(8(13)14)4-12(7)11-6/h2-4H,1H3,(H,9,11)(H,13,14). The second-order valence-electron chi connectivity index (χ2n) is 2.70. The number of fused-ring (bicyclic) bond motifs is 1. The van der Waals surface area contributed by atoms with Crippen molar-refractivity contribution in [2.24, 2.45) is 0 Å². The highest BCUT2D eigenvalue weighted by Crippen LogP contribution is 2.07. The average Bonchev–Trinajstić information content (AvgIpc) is 2.59. The Morgan fingerprint density at radius 1 is 1.57 bits per heavy atom. The predicted octanol–water partition coefficient (Wildman–Crippen LogP) is 0.469. The summed E-state index contributed by atoms with van der Waals surface area (Å²) in [6, 6.07) is 3.43. The average molecular weight is 192 g/mol. The Kier molecular flexibility index (Phi) is 1.81. The lowest BCUT2D eigenvalue weighted by atomic mass is 10.5. The van der Waals surface area contributed by atoms with Crippen molar-refractivity contribution in [3.8, 4) is 0 Å². The number of anilines is 1. The van der Waals surface area contributed by atoms with Gasteiger partial charge < -0.3 is 10.4 Å². The van der Waals surface area contributed by atoms with E-state index in [-0.39, 0.29) is 5.69 Å². The molecule has 2 heterocycles. The lowest BCUT2D eigenvalue weighted by Gasteiger charge is -1.97. The summed E-state index contributed by atoms with van der Waals surface area (Å²) in [6.45, 7) is 0. The van der Waals surface area contributed by atoms with E-state index >= 15 is 0 Å². The number of hydrogen-bond donors (Lipinski definition) is 2. The van der Waals surface area contributed by atoms with Gasteiger partial charge in [-0.2, -0.15) is 0 Å². The number of carboxylic acids is 1. The van der Waals surface area contributed by atoms with E-state index < -0.39 is 5.97 Å². The van der Waals surface area contributed by atoms with Gasteiger partial charge in [0.2, 0.25) is 0 Å². The van der Waals surface area contributed by atoms with Crippen LogP contribution in [0.4, 0.5) is 5.82 Å². The SMILES string of the molecule is CNc1ccc2nc(C(=O)O)cn2n1. The smallest absolute Gasteiger partial charge is 0.356 e. The van der Waals surface area contributed by atoms with Crippen LogP contribution in [0.25, 0.3) is 5.65 Å². The number of rotatable bonds is 2. The van der Waals surface area contributed by atoms with E-state index in [9.17, 15) is 4.79 Å². The van der Waals surface area contributed by atoms with Gasteiger partial charge in [0.15, 0.2) is 11.3 Å². The molecule has 0 atom stereocenters. The van der Waals surface area contributed by atoms with Gasteiger partial charge in [0, 0.05) is 7.05 Å². The fourth-order valence-electron chi connectivity index (χ4n) is 1.12. The second kappa shape index (κ2) is 2.99. The zero-order valence-corrected chi connectivity index (χ0v) is 7.43. The van der Waals surface area contributed by atoms with Gasteiger partial charge in [-0.05, 0) is 12.1 Å². The third-order valence-corrected chi connectivity index (χ3v) is 1.80. The molecule has 0 saturated carbocycles. The third kappa shape index (κ3) is 1.26. The Hall–Kier alpha value is -2.11. The van der Waals surface area contributed by atoms with Crippen LogP contribution in [0, 0.1) is 0 Å². The number of aromatic carboxylic acids is 1. The van der Waals surface area contributed by atoms with Crippen molar-refractivity contribution in [2.45, 2.75) is 0 Å². The second-order valence-corrected chi connectivity index (χ2v) is 2.70. The van der Waals surface area contributed by atoms with Crippen molar-refractivity contribution in [1.29, 1.82) is 0 Å². The van der Waals surface area contributed by atoms with Gasteiger partial charge >= 0.3 is 5.97 Å². The zero-order chi connectivity index (χ0) is 10.1.